The van der Waals surface area contributed by atoms with Crippen LogP contribution in [0.15, 0.2) is 18.2 Å². The van der Waals surface area contributed by atoms with E-state index in [4.69, 9.17) is 11.6 Å². The molecule has 1 aromatic rings. The Morgan fingerprint density at radius 1 is 1.32 bits per heavy atom. The van der Waals surface area contributed by atoms with Crippen molar-refractivity contribution >= 4 is 23.4 Å². The van der Waals surface area contributed by atoms with Gasteiger partial charge in [-0.15, -0.1) is 0 Å². The highest BCUT2D eigenvalue weighted by molar-refractivity contribution is 8.00. The highest BCUT2D eigenvalue weighted by Gasteiger charge is 2.30. The summed E-state index contributed by atoms with van der Waals surface area (Å²) in [5.41, 5.74) is 1.04. The molecule has 1 fully saturated rings. The number of rotatable bonds is 5. The standard InChI is InChI=1S/C15H21ClFNS/c1-19-15(7-3-2-4-8-15)11-18-10-12-5-6-14(17)13(16)9-12/h5-6,9,18H,2-4,7-8,10-11H2,1H3. The average molecular weight is 302 g/mol. The van der Waals surface area contributed by atoms with Gasteiger partial charge in [-0.3, -0.25) is 0 Å². The van der Waals surface area contributed by atoms with E-state index in [1.165, 1.54) is 38.2 Å². The van der Waals surface area contributed by atoms with Crippen LogP contribution < -0.4 is 5.32 Å². The molecule has 106 valence electrons. The van der Waals surface area contributed by atoms with Crippen molar-refractivity contribution in [2.24, 2.45) is 0 Å². The molecule has 0 bridgehead atoms. The predicted molar refractivity (Wildman–Crippen MR) is 82.4 cm³/mol. The molecule has 0 atom stereocenters. The van der Waals surface area contributed by atoms with Gasteiger partial charge in [-0.1, -0.05) is 36.9 Å². The molecular weight excluding hydrogens is 281 g/mol. The van der Waals surface area contributed by atoms with Crippen LogP contribution in [0.5, 0.6) is 0 Å². The zero-order chi connectivity index (χ0) is 13.7. The molecule has 1 saturated carbocycles. The lowest BCUT2D eigenvalue weighted by Gasteiger charge is -2.36. The Balaban J connectivity index is 1.86. The van der Waals surface area contributed by atoms with Crippen LogP contribution in [-0.4, -0.2) is 17.5 Å². The Kier molecular flexibility index (Phi) is 5.55. The third-order valence-corrected chi connectivity index (χ3v) is 5.67. The number of hydrogen-bond acceptors (Lipinski definition) is 2. The van der Waals surface area contributed by atoms with Gasteiger partial charge < -0.3 is 5.32 Å². The molecule has 0 saturated heterocycles. The molecule has 1 N–H and O–H groups in total. The Hall–Kier alpha value is -0.250. The molecule has 0 heterocycles. The largest absolute Gasteiger partial charge is 0.311 e. The zero-order valence-electron chi connectivity index (χ0n) is 11.3. The van der Waals surface area contributed by atoms with Gasteiger partial charge in [0.2, 0.25) is 0 Å². The van der Waals surface area contributed by atoms with Gasteiger partial charge in [-0.2, -0.15) is 11.8 Å². The van der Waals surface area contributed by atoms with Gasteiger partial charge in [-0.05, 0) is 36.8 Å². The fraction of sp³-hybridized carbons (Fsp3) is 0.600. The molecule has 1 aliphatic carbocycles. The number of thioether (sulfide) groups is 1. The molecule has 4 heteroatoms. The lowest BCUT2D eigenvalue weighted by Crippen LogP contribution is -2.39. The van der Waals surface area contributed by atoms with Gasteiger partial charge in [0.05, 0.1) is 5.02 Å². The van der Waals surface area contributed by atoms with E-state index < -0.39 is 0 Å². The molecule has 0 spiro atoms. The summed E-state index contributed by atoms with van der Waals surface area (Å²) < 4.78 is 13.5. The molecule has 0 radical (unpaired) electrons. The molecule has 19 heavy (non-hydrogen) atoms. The molecular formula is C15H21ClFNS. The van der Waals surface area contributed by atoms with E-state index >= 15 is 0 Å². The normalized spacial score (nSPS) is 18.5. The van der Waals surface area contributed by atoms with Crippen molar-refractivity contribution in [1.29, 1.82) is 0 Å². The Morgan fingerprint density at radius 2 is 2.05 bits per heavy atom. The van der Waals surface area contributed by atoms with E-state index in [0.29, 0.717) is 4.75 Å². The maximum Gasteiger partial charge on any atom is 0.141 e. The van der Waals surface area contributed by atoms with Crippen LogP contribution in [0, 0.1) is 5.82 Å². The Morgan fingerprint density at radius 3 is 2.68 bits per heavy atom. The summed E-state index contributed by atoms with van der Waals surface area (Å²) >= 11 is 7.77. The van der Waals surface area contributed by atoms with Crippen molar-refractivity contribution in [3.63, 3.8) is 0 Å². The molecule has 2 rings (SSSR count). The third-order valence-electron chi connectivity index (χ3n) is 3.96. The molecule has 0 amide bonds. The third kappa shape index (κ3) is 4.11. The molecule has 1 aliphatic rings. The second-order valence-electron chi connectivity index (χ2n) is 5.30. The minimum Gasteiger partial charge on any atom is -0.311 e. The summed E-state index contributed by atoms with van der Waals surface area (Å²) in [6, 6.07) is 4.93. The first-order valence-electron chi connectivity index (χ1n) is 6.85. The quantitative estimate of drug-likeness (QED) is 0.850. The number of halogens is 2. The first kappa shape index (κ1) is 15.1. The maximum atomic E-state index is 13.1. The predicted octanol–water partition coefficient (Wildman–Crippen LogP) is 4.63. The smallest absolute Gasteiger partial charge is 0.141 e. The maximum absolute atomic E-state index is 13.1. The molecule has 0 unspecified atom stereocenters. The lowest BCUT2D eigenvalue weighted by molar-refractivity contribution is 0.379. The molecule has 1 aromatic carbocycles. The van der Waals surface area contributed by atoms with Gasteiger partial charge in [0, 0.05) is 17.8 Å². The van der Waals surface area contributed by atoms with Crippen molar-refractivity contribution in [2.75, 3.05) is 12.8 Å². The number of nitrogens with one attached hydrogen (secondary N) is 1. The van der Waals surface area contributed by atoms with E-state index in [0.717, 1.165) is 18.7 Å². The highest BCUT2D eigenvalue weighted by atomic mass is 35.5. The van der Waals surface area contributed by atoms with Crippen LogP contribution in [-0.2, 0) is 6.54 Å². The van der Waals surface area contributed by atoms with Gasteiger partial charge >= 0.3 is 0 Å². The summed E-state index contributed by atoms with van der Waals surface area (Å²) in [4.78, 5) is 0. The van der Waals surface area contributed by atoms with E-state index in [1.807, 2.05) is 11.8 Å². The highest BCUT2D eigenvalue weighted by Crippen LogP contribution is 2.38. The van der Waals surface area contributed by atoms with Crippen molar-refractivity contribution < 1.29 is 4.39 Å². The first-order valence-corrected chi connectivity index (χ1v) is 8.45. The summed E-state index contributed by atoms with van der Waals surface area (Å²) in [5, 5.41) is 3.71. The first-order chi connectivity index (χ1) is 9.15. The second kappa shape index (κ2) is 6.96. The van der Waals surface area contributed by atoms with Gasteiger partial charge in [-0.25, -0.2) is 4.39 Å². The minimum atomic E-state index is -0.349. The zero-order valence-corrected chi connectivity index (χ0v) is 12.9. The van der Waals surface area contributed by atoms with E-state index in [2.05, 4.69) is 11.6 Å². The van der Waals surface area contributed by atoms with Crippen molar-refractivity contribution in [1.82, 2.24) is 5.32 Å². The van der Waals surface area contributed by atoms with Crippen LogP contribution in [0.25, 0.3) is 0 Å². The molecule has 0 aromatic heterocycles. The van der Waals surface area contributed by atoms with E-state index in [9.17, 15) is 4.39 Å². The summed E-state index contributed by atoms with van der Waals surface area (Å²) in [5.74, 6) is -0.349. The monoisotopic (exact) mass is 301 g/mol. The van der Waals surface area contributed by atoms with Crippen LogP contribution in [0.2, 0.25) is 5.02 Å². The van der Waals surface area contributed by atoms with E-state index in [1.54, 1.807) is 12.1 Å². The summed E-state index contributed by atoms with van der Waals surface area (Å²) in [7, 11) is 0. The summed E-state index contributed by atoms with van der Waals surface area (Å²) in [6.07, 6.45) is 8.85. The van der Waals surface area contributed by atoms with Crippen LogP contribution in [0.1, 0.15) is 37.7 Å². The van der Waals surface area contributed by atoms with Gasteiger partial charge in [0.15, 0.2) is 0 Å². The summed E-state index contributed by atoms with van der Waals surface area (Å²) in [6.45, 7) is 1.77. The van der Waals surface area contributed by atoms with Gasteiger partial charge in [0.1, 0.15) is 5.82 Å². The average Bonchev–Trinajstić information content (AvgIpc) is 2.44. The topological polar surface area (TPSA) is 12.0 Å². The Bertz CT molecular complexity index is 419. The van der Waals surface area contributed by atoms with Crippen molar-refractivity contribution in [3.05, 3.63) is 34.6 Å². The number of hydrogen-bond donors (Lipinski definition) is 1. The van der Waals surface area contributed by atoms with E-state index in [-0.39, 0.29) is 10.8 Å². The second-order valence-corrected chi connectivity index (χ2v) is 6.98. The number of benzene rings is 1. The van der Waals surface area contributed by atoms with Crippen LogP contribution in [0.4, 0.5) is 4.39 Å². The molecule has 1 nitrogen and oxygen atoms in total. The fourth-order valence-corrected chi connectivity index (χ4v) is 3.88. The van der Waals surface area contributed by atoms with Crippen LogP contribution >= 0.6 is 23.4 Å². The lowest BCUT2D eigenvalue weighted by atomic mass is 9.88. The SMILES string of the molecule is CSC1(CNCc2ccc(F)c(Cl)c2)CCCCC1. The minimum absolute atomic E-state index is 0.205. The van der Waals surface area contributed by atoms with Crippen molar-refractivity contribution in [3.8, 4) is 0 Å². The molecule has 0 aliphatic heterocycles. The van der Waals surface area contributed by atoms with Crippen LogP contribution in [0.3, 0.4) is 0 Å². The van der Waals surface area contributed by atoms with Crippen molar-refractivity contribution in [2.45, 2.75) is 43.4 Å². The van der Waals surface area contributed by atoms with Gasteiger partial charge in [0.25, 0.3) is 0 Å². The fourth-order valence-electron chi connectivity index (χ4n) is 2.73. The Labute approximate surface area is 124 Å².